The molecule has 76 valence electrons. The van der Waals surface area contributed by atoms with Crippen LogP contribution in [0.3, 0.4) is 0 Å². The van der Waals surface area contributed by atoms with Gasteiger partial charge in [-0.1, -0.05) is 18.2 Å². The van der Waals surface area contributed by atoms with E-state index in [0.29, 0.717) is 24.3 Å². The Kier molecular flexibility index (Phi) is 2.42. The lowest BCUT2D eigenvalue weighted by Crippen LogP contribution is -2.32. The zero-order valence-electron chi connectivity index (χ0n) is 8.00. The molecule has 1 aromatic carbocycles. The Balaban J connectivity index is 2.32. The molecule has 0 bridgehead atoms. The van der Waals surface area contributed by atoms with Crippen molar-refractivity contribution in [2.24, 2.45) is 0 Å². The molecule has 1 unspecified atom stereocenters. The average molecular weight is 195 g/mol. The number of ether oxygens (including phenoxy) is 1. The minimum absolute atomic E-state index is 0.126. The summed E-state index contributed by atoms with van der Waals surface area (Å²) in [5, 5.41) is 0. The largest absolute Gasteiger partial charge is 0.398 e. The number of para-hydroxylation sites is 1. The van der Waals surface area contributed by atoms with E-state index < -0.39 is 5.67 Å². The number of benzene rings is 1. The maximum Gasteiger partial charge on any atom is 0.161 e. The van der Waals surface area contributed by atoms with Gasteiger partial charge < -0.3 is 10.5 Å². The third-order valence-electron chi connectivity index (χ3n) is 2.64. The molecule has 0 aromatic heterocycles. The Morgan fingerprint density at radius 1 is 1.36 bits per heavy atom. The van der Waals surface area contributed by atoms with Crippen LogP contribution in [0.2, 0.25) is 0 Å². The maximum atomic E-state index is 14.4. The fourth-order valence-electron chi connectivity index (χ4n) is 1.88. The van der Waals surface area contributed by atoms with Crippen LogP contribution in [0.25, 0.3) is 0 Å². The Hall–Kier alpha value is -1.09. The SMILES string of the molecule is Nc1ccccc1C1(F)CCCOC1. The first-order chi connectivity index (χ1) is 6.72. The molecular formula is C11H14FNO. The predicted molar refractivity (Wildman–Crippen MR) is 53.7 cm³/mol. The summed E-state index contributed by atoms with van der Waals surface area (Å²) in [7, 11) is 0. The first kappa shape index (κ1) is 9.46. The number of hydrogen-bond donors (Lipinski definition) is 1. The number of nitrogens with two attached hydrogens (primary N) is 1. The Morgan fingerprint density at radius 2 is 2.14 bits per heavy atom. The quantitative estimate of drug-likeness (QED) is 0.697. The summed E-state index contributed by atoms with van der Waals surface area (Å²) in [4.78, 5) is 0. The van der Waals surface area contributed by atoms with Crippen molar-refractivity contribution in [3.8, 4) is 0 Å². The van der Waals surface area contributed by atoms with E-state index >= 15 is 0 Å². The third-order valence-corrected chi connectivity index (χ3v) is 2.64. The molecule has 14 heavy (non-hydrogen) atoms. The highest BCUT2D eigenvalue weighted by molar-refractivity contribution is 5.49. The topological polar surface area (TPSA) is 35.2 Å². The zero-order valence-corrected chi connectivity index (χ0v) is 8.00. The summed E-state index contributed by atoms with van der Waals surface area (Å²) in [5.41, 5.74) is 5.44. The number of alkyl halides is 1. The van der Waals surface area contributed by atoms with Gasteiger partial charge in [-0.15, -0.1) is 0 Å². The molecular weight excluding hydrogens is 181 g/mol. The molecule has 1 fully saturated rings. The molecule has 1 saturated heterocycles. The summed E-state index contributed by atoms with van der Waals surface area (Å²) in [5.74, 6) is 0. The number of halogens is 1. The molecule has 3 heteroatoms. The van der Waals surface area contributed by atoms with Crippen molar-refractivity contribution in [1.82, 2.24) is 0 Å². The van der Waals surface area contributed by atoms with Gasteiger partial charge in [0.15, 0.2) is 5.67 Å². The van der Waals surface area contributed by atoms with Crippen molar-refractivity contribution < 1.29 is 9.13 Å². The van der Waals surface area contributed by atoms with E-state index in [0.717, 1.165) is 6.42 Å². The van der Waals surface area contributed by atoms with Gasteiger partial charge in [-0.25, -0.2) is 4.39 Å². The summed E-state index contributed by atoms with van der Waals surface area (Å²) in [6.07, 6.45) is 1.26. The van der Waals surface area contributed by atoms with Gasteiger partial charge >= 0.3 is 0 Å². The molecule has 1 atom stereocenters. The molecule has 1 heterocycles. The summed E-state index contributed by atoms with van der Waals surface area (Å²) in [6, 6.07) is 7.09. The lowest BCUT2D eigenvalue weighted by atomic mass is 9.89. The lowest BCUT2D eigenvalue weighted by molar-refractivity contribution is -0.0343. The fraction of sp³-hybridized carbons (Fsp3) is 0.455. The highest BCUT2D eigenvalue weighted by atomic mass is 19.1. The highest BCUT2D eigenvalue weighted by Gasteiger charge is 2.35. The molecule has 1 aliphatic heterocycles. The molecule has 0 radical (unpaired) electrons. The van der Waals surface area contributed by atoms with Crippen LogP contribution in [-0.4, -0.2) is 13.2 Å². The molecule has 0 aliphatic carbocycles. The third kappa shape index (κ3) is 1.60. The second-order valence-electron chi connectivity index (χ2n) is 3.71. The minimum atomic E-state index is -1.39. The van der Waals surface area contributed by atoms with Crippen molar-refractivity contribution in [2.45, 2.75) is 18.5 Å². The predicted octanol–water partition coefficient (Wildman–Crippen LogP) is 2.24. The van der Waals surface area contributed by atoms with E-state index in [2.05, 4.69) is 0 Å². The Morgan fingerprint density at radius 3 is 2.79 bits per heavy atom. The minimum Gasteiger partial charge on any atom is -0.398 e. The summed E-state index contributed by atoms with van der Waals surface area (Å²) < 4.78 is 19.5. The number of hydrogen-bond acceptors (Lipinski definition) is 2. The van der Waals surface area contributed by atoms with Crippen LogP contribution in [-0.2, 0) is 10.4 Å². The normalized spacial score (nSPS) is 27.5. The molecule has 2 N–H and O–H groups in total. The Labute approximate surface area is 82.9 Å². The first-order valence-corrected chi connectivity index (χ1v) is 4.84. The van der Waals surface area contributed by atoms with Gasteiger partial charge in [0.1, 0.15) is 0 Å². The van der Waals surface area contributed by atoms with Gasteiger partial charge in [0.2, 0.25) is 0 Å². The van der Waals surface area contributed by atoms with E-state index in [9.17, 15) is 4.39 Å². The molecule has 0 spiro atoms. The van der Waals surface area contributed by atoms with Gasteiger partial charge in [0.05, 0.1) is 6.61 Å². The van der Waals surface area contributed by atoms with Crippen LogP contribution in [0.15, 0.2) is 24.3 Å². The van der Waals surface area contributed by atoms with Gasteiger partial charge in [0, 0.05) is 17.9 Å². The van der Waals surface area contributed by atoms with Gasteiger partial charge in [-0.3, -0.25) is 0 Å². The summed E-state index contributed by atoms with van der Waals surface area (Å²) >= 11 is 0. The lowest BCUT2D eigenvalue weighted by Gasteiger charge is -2.30. The van der Waals surface area contributed by atoms with Crippen LogP contribution in [0.1, 0.15) is 18.4 Å². The van der Waals surface area contributed by atoms with Crippen LogP contribution in [0.4, 0.5) is 10.1 Å². The van der Waals surface area contributed by atoms with Crippen LogP contribution < -0.4 is 5.73 Å². The van der Waals surface area contributed by atoms with E-state index in [4.69, 9.17) is 10.5 Å². The fourth-order valence-corrected chi connectivity index (χ4v) is 1.88. The molecule has 0 amide bonds. The molecule has 1 aromatic rings. The average Bonchev–Trinajstić information content (AvgIpc) is 2.19. The number of anilines is 1. The van der Waals surface area contributed by atoms with Crippen molar-refractivity contribution in [3.05, 3.63) is 29.8 Å². The summed E-state index contributed by atoms with van der Waals surface area (Å²) in [6.45, 7) is 0.777. The molecule has 0 saturated carbocycles. The second-order valence-corrected chi connectivity index (χ2v) is 3.71. The second kappa shape index (κ2) is 3.58. The van der Waals surface area contributed by atoms with Gasteiger partial charge in [0.25, 0.3) is 0 Å². The van der Waals surface area contributed by atoms with Crippen molar-refractivity contribution in [1.29, 1.82) is 0 Å². The standard InChI is InChI=1S/C11H14FNO/c12-11(6-3-7-14-8-11)9-4-1-2-5-10(9)13/h1-2,4-5H,3,6-8,13H2. The van der Waals surface area contributed by atoms with Crippen LogP contribution in [0.5, 0.6) is 0 Å². The van der Waals surface area contributed by atoms with Crippen LogP contribution in [0, 0.1) is 0 Å². The van der Waals surface area contributed by atoms with Crippen molar-refractivity contribution >= 4 is 5.69 Å². The molecule has 1 aliphatic rings. The van der Waals surface area contributed by atoms with Crippen LogP contribution >= 0.6 is 0 Å². The zero-order chi connectivity index (χ0) is 10.0. The van der Waals surface area contributed by atoms with Gasteiger partial charge in [-0.2, -0.15) is 0 Å². The van der Waals surface area contributed by atoms with Gasteiger partial charge in [-0.05, 0) is 18.9 Å². The maximum absolute atomic E-state index is 14.4. The molecule has 2 rings (SSSR count). The monoisotopic (exact) mass is 195 g/mol. The smallest absolute Gasteiger partial charge is 0.161 e. The Bertz CT molecular complexity index is 321. The van der Waals surface area contributed by atoms with E-state index in [-0.39, 0.29) is 6.61 Å². The van der Waals surface area contributed by atoms with E-state index in [1.165, 1.54) is 0 Å². The first-order valence-electron chi connectivity index (χ1n) is 4.84. The number of rotatable bonds is 1. The highest BCUT2D eigenvalue weighted by Crippen LogP contribution is 2.37. The van der Waals surface area contributed by atoms with Crippen molar-refractivity contribution in [2.75, 3.05) is 18.9 Å². The van der Waals surface area contributed by atoms with E-state index in [1.807, 2.05) is 12.1 Å². The van der Waals surface area contributed by atoms with E-state index in [1.54, 1.807) is 12.1 Å². The number of nitrogen functional groups attached to an aromatic ring is 1. The van der Waals surface area contributed by atoms with Crippen molar-refractivity contribution in [3.63, 3.8) is 0 Å². The molecule has 2 nitrogen and oxygen atoms in total.